The van der Waals surface area contributed by atoms with E-state index in [0.29, 0.717) is 12.1 Å². The lowest BCUT2D eigenvalue weighted by Crippen LogP contribution is -2.42. The first-order valence-corrected chi connectivity index (χ1v) is 7.08. The van der Waals surface area contributed by atoms with Gasteiger partial charge < -0.3 is 10.4 Å². The molecule has 2 N–H and O–H groups in total. The molecular formula is C15H18FNOS. The molecule has 0 radical (unpaired) electrons. The van der Waals surface area contributed by atoms with Gasteiger partial charge >= 0.3 is 0 Å². The first-order valence-electron chi connectivity index (χ1n) is 6.20. The van der Waals surface area contributed by atoms with Gasteiger partial charge in [0.2, 0.25) is 0 Å². The van der Waals surface area contributed by atoms with E-state index in [0.717, 1.165) is 10.4 Å². The molecule has 102 valence electrons. The van der Waals surface area contributed by atoms with Gasteiger partial charge in [-0.2, -0.15) is 0 Å². The van der Waals surface area contributed by atoms with Crippen LogP contribution in [-0.2, 0) is 6.54 Å². The second-order valence-electron chi connectivity index (χ2n) is 5.19. The molecule has 1 heterocycles. The maximum Gasteiger partial charge on any atom is 0.131 e. The van der Waals surface area contributed by atoms with Gasteiger partial charge in [-0.1, -0.05) is 12.1 Å². The van der Waals surface area contributed by atoms with Crippen molar-refractivity contribution in [2.45, 2.75) is 25.9 Å². The summed E-state index contributed by atoms with van der Waals surface area (Å²) >= 11 is 1.53. The zero-order valence-electron chi connectivity index (χ0n) is 11.1. The fourth-order valence-electron chi connectivity index (χ4n) is 1.70. The van der Waals surface area contributed by atoms with Crippen LogP contribution in [0.15, 0.2) is 35.7 Å². The summed E-state index contributed by atoms with van der Waals surface area (Å²) in [5.41, 5.74) is 1.31. The van der Waals surface area contributed by atoms with Gasteiger partial charge in [0.15, 0.2) is 0 Å². The van der Waals surface area contributed by atoms with Crippen molar-refractivity contribution in [1.82, 2.24) is 5.32 Å². The number of thiophene rings is 1. The van der Waals surface area contributed by atoms with E-state index in [9.17, 15) is 9.50 Å². The number of aliphatic hydroxyl groups excluding tert-OH is 1. The van der Waals surface area contributed by atoms with Crippen molar-refractivity contribution in [2.24, 2.45) is 0 Å². The Morgan fingerprint density at radius 3 is 2.74 bits per heavy atom. The average Bonchev–Trinajstić information content (AvgIpc) is 2.92. The number of benzene rings is 1. The molecule has 19 heavy (non-hydrogen) atoms. The summed E-state index contributed by atoms with van der Waals surface area (Å²) in [7, 11) is 0. The molecule has 4 heteroatoms. The van der Waals surface area contributed by atoms with Crippen molar-refractivity contribution in [3.8, 4) is 10.4 Å². The molecule has 0 aliphatic heterocycles. The van der Waals surface area contributed by atoms with E-state index in [1.54, 1.807) is 6.07 Å². The molecule has 2 nitrogen and oxygen atoms in total. The van der Waals surface area contributed by atoms with Crippen molar-refractivity contribution in [3.63, 3.8) is 0 Å². The fraction of sp³-hybridized carbons (Fsp3) is 0.333. The van der Waals surface area contributed by atoms with E-state index in [2.05, 4.69) is 5.32 Å². The zero-order valence-corrected chi connectivity index (χ0v) is 11.9. The van der Waals surface area contributed by atoms with Crippen molar-refractivity contribution in [3.05, 3.63) is 47.1 Å². The lowest BCUT2D eigenvalue weighted by Gasteiger charge is -2.23. The Bertz CT molecular complexity index is 537. The SMILES string of the molecule is CC(C)(CO)NCc1ccc(F)c(-c2cccs2)c1. The summed E-state index contributed by atoms with van der Waals surface area (Å²) in [4.78, 5) is 0.931. The number of hydrogen-bond donors (Lipinski definition) is 2. The van der Waals surface area contributed by atoms with Gasteiger partial charge in [0.1, 0.15) is 5.82 Å². The highest BCUT2D eigenvalue weighted by molar-refractivity contribution is 7.13. The molecule has 0 aliphatic rings. The van der Waals surface area contributed by atoms with E-state index in [1.807, 2.05) is 37.4 Å². The predicted molar refractivity (Wildman–Crippen MR) is 77.7 cm³/mol. The molecule has 0 bridgehead atoms. The monoisotopic (exact) mass is 279 g/mol. The Morgan fingerprint density at radius 1 is 1.32 bits per heavy atom. The Kier molecular flexibility index (Phi) is 4.34. The van der Waals surface area contributed by atoms with Crippen LogP contribution < -0.4 is 5.32 Å². The van der Waals surface area contributed by atoms with Crippen LogP contribution in [0.1, 0.15) is 19.4 Å². The summed E-state index contributed by atoms with van der Waals surface area (Å²) in [6.07, 6.45) is 0. The number of nitrogens with one attached hydrogen (secondary N) is 1. The second kappa shape index (κ2) is 5.82. The van der Waals surface area contributed by atoms with Gasteiger partial charge in [0, 0.05) is 22.5 Å². The van der Waals surface area contributed by atoms with E-state index in [-0.39, 0.29) is 18.0 Å². The Balaban J connectivity index is 2.18. The standard InChI is InChI=1S/C15H18FNOS/c1-15(2,10-18)17-9-11-5-6-13(16)12(8-11)14-4-3-7-19-14/h3-8,17-18H,9-10H2,1-2H3. The van der Waals surface area contributed by atoms with Gasteiger partial charge in [0.25, 0.3) is 0 Å². The summed E-state index contributed by atoms with van der Waals surface area (Å²) < 4.78 is 13.8. The van der Waals surface area contributed by atoms with E-state index in [1.165, 1.54) is 17.4 Å². The zero-order chi connectivity index (χ0) is 13.9. The number of rotatable bonds is 5. The highest BCUT2D eigenvalue weighted by Gasteiger charge is 2.15. The highest BCUT2D eigenvalue weighted by Crippen LogP contribution is 2.28. The minimum absolute atomic E-state index is 0.0615. The van der Waals surface area contributed by atoms with E-state index >= 15 is 0 Å². The number of aliphatic hydroxyl groups is 1. The second-order valence-corrected chi connectivity index (χ2v) is 6.13. The van der Waals surface area contributed by atoms with Gasteiger partial charge in [0.05, 0.1) is 6.61 Å². The summed E-state index contributed by atoms with van der Waals surface area (Å²) in [6, 6.07) is 8.96. The number of hydrogen-bond acceptors (Lipinski definition) is 3. The van der Waals surface area contributed by atoms with Crippen LogP contribution >= 0.6 is 11.3 Å². The maximum atomic E-state index is 13.8. The molecule has 1 aromatic heterocycles. The van der Waals surface area contributed by atoms with Gasteiger partial charge in [-0.3, -0.25) is 0 Å². The molecule has 0 fully saturated rings. The molecule has 0 saturated heterocycles. The molecule has 0 atom stereocenters. The van der Waals surface area contributed by atoms with E-state index < -0.39 is 0 Å². The first-order chi connectivity index (χ1) is 9.02. The Hall–Kier alpha value is -1.23. The van der Waals surface area contributed by atoms with Crippen LogP contribution in [-0.4, -0.2) is 17.3 Å². The molecule has 0 saturated carbocycles. The van der Waals surface area contributed by atoms with Gasteiger partial charge in [-0.05, 0) is 43.0 Å². The quantitative estimate of drug-likeness (QED) is 0.879. The predicted octanol–water partition coefficient (Wildman–Crippen LogP) is 3.41. The highest BCUT2D eigenvalue weighted by atomic mass is 32.1. The van der Waals surface area contributed by atoms with Crippen molar-refractivity contribution in [1.29, 1.82) is 0 Å². The van der Waals surface area contributed by atoms with Gasteiger partial charge in [-0.15, -0.1) is 11.3 Å². The molecule has 2 rings (SSSR count). The van der Waals surface area contributed by atoms with E-state index in [4.69, 9.17) is 0 Å². The summed E-state index contributed by atoms with van der Waals surface area (Å²) in [5, 5.41) is 14.4. The van der Waals surface area contributed by atoms with Crippen molar-refractivity contribution >= 4 is 11.3 Å². The molecule has 0 aliphatic carbocycles. The third-order valence-electron chi connectivity index (χ3n) is 2.98. The van der Waals surface area contributed by atoms with Crippen LogP contribution in [0.25, 0.3) is 10.4 Å². The van der Waals surface area contributed by atoms with Crippen LogP contribution in [0.3, 0.4) is 0 Å². The summed E-state index contributed by atoms with van der Waals surface area (Å²) in [5.74, 6) is -0.201. The minimum atomic E-state index is -0.336. The summed E-state index contributed by atoms with van der Waals surface area (Å²) in [6.45, 7) is 4.52. The topological polar surface area (TPSA) is 32.3 Å². The molecule has 0 unspecified atom stereocenters. The third-order valence-corrected chi connectivity index (χ3v) is 3.89. The molecule has 0 amide bonds. The first kappa shape index (κ1) is 14.2. The lowest BCUT2D eigenvalue weighted by atomic mass is 10.0. The van der Waals surface area contributed by atoms with Crippen LogP contribution in [0.4, 0.5) is 4.39 Å². The maximum absolute atomic E-state index is 13.8. The third kappa shape index (κ3) is 3.62. The molecule has 2 aromatic rings. The van der Waals surface area contributed by atoms with Crippen LogP contribution in [0.5, 0.6) is 0 Å². The minimum Gasteiger partial charge on any atom is -0.394 e. The molecule has 1 aromatic carbocycles. The largest absolute Gasteiger partial charge is 0.394 e. The Morgan fingerprint density at radius 2 is 2.11 bits per heavy atom. The smallest absolute Gasteiger partial charge is 0.131 e. The average molecular weight is 279 g/mol. The van der Waals surface area contributed by atoms with Gasteiger partial charge in [-0.25, -0.2) is 4.39 Å². The van der Waals surface area contributed by atoms with Crippen molar-refractivity contribution < 1.29 is 9.50 Å². The van der Waals surface area contributed by atoms with Crippen LogP contribution in [0.2, 0.25) is 0 Å². The normalized spacial score (nSPS) is 11.8. The Labute approximate surface area is 116 Å². The molecule has 0 spiro atoms. The van der Waals surface area contributed by atoms with Crippen molar-refractivity contribution in [2.75, 3.05) is 6.61 Å². The molecular weight excluding hydrogens is 261 g/mol. The van der Waals surface area contributed by atoms with Crippen LogP contribution in [0, 0.1) is 5.82 Å². The fourth-order valence-corrected chi connectivity index (χ4v) is 2.44. The number of halogens is 1. The lowest BCUT2D eigenvalue weighted by molar-refractivity contribution is 0.187.